The molecule has 2 heterocycles. The van der Waals surface area contributed by atoms with Crippen LogP contribution < -0.4 is 9.46 Å². The average Bonchev–Trinajstić information content (AvgIpc) is 3.38. The number of nitrogens with one attached hydrogen (secondary N) is 1. The van der Waals surface area contributed by atoms with Gasteiger partial charge < -0.3 is 4.74 Å². The van der Waals surface area contributed by atoms with E-state index in [2.05, 4.69) is 14.8 Å². The fraction of sp³-hybridized carbons (Fsp3) is 0.107. The molecule has 1 aliphatic heterocycles. The summed E-state index contributed by atoms with van der Waals surface area (Å²) in [6.45, 7) is 0. The number of amides is 1. The Bertz CT molecular complexity index is 1630. The molecule has 39 heavy (non-hydrogen) atoms. The number of pyridine rings is 1. The smallest absolute Gasteiger partial charge is 0.274 e. The molecule has 0 saturated heterocycles. The van der Waals surface area contributed by atoms with Crippen LogP contribution in [0, 0.1) is 11.6 Å². The van der Waals surface area contributed by atoms with Crippen molar-refractivity contribution in [1.29, 1.82) is 0 Å². The molecule has 0 radical (unpaired) electrons. The summed E-state index contributed by atoms with van der Waals surface area (Å²) in [7, 11) is -2.94. The number of carbonyl (C=O) groups excluding carboxylic acids is 1. The van der Waals surface area contributed by atoms with Crippen molar-refractivity contribution in [3.05, 3.63) is 120 Å². The van der Waals surface area contributed by atoms with Crippen LogP contribution in [0.15, 0.2) is 101 Å². The molecule has 4 aromatic rings. The standard InChI is InChI=1S/C28H22F2N4O4S/c1-38-22-11-7-19(8-12-22)26-17-25(32-34(26)28(35)20-13-15-31-16-14-20)18-5-9-21(10-6-18)33-39(36,37)27-23(29)3-2-4-24(27)30/h2-16,26,33H,17H2,1H3. The lowest BCUT2D eigenvalue weighted by atomic mass is 9.98. The maximum atomic E-state index is 14.0. The van der Waals surface area contributed by atoms with Crippen molar-refractivity contribution in [2.45, 2.75) is 17.4 Å². The van der Waals surface area contributed by atoms with Crippen LogP contribution in [0.25, 0.3) is 0 Å². The Hall–Kier alpha value is -4.64. The minimum atomic E-state index is -4.51. The third-order valence-electron chi connectivity index (χ3n) is 6.20. The van der Waals surface area contributed by atoms with Crippen molar-refractivity contribution in [1.82, 2.24) is 9.99 Å². The first kappa shape index (κ1) is 26.0. The monoisotopic (exact) mass is 548 g/mol. The molecule has 0 bridgehead atoms. The Morgan fingerprint density at radius 3 is 2.21 bits per heavy atom. The van der Waals surface area contributed by atoms with Gasteiger partial charge in [-0.05, 0) is 59.7 Å². The molecular weight excluding hydrogens is 526 g/mol. The first-order chi connectivity index (χ1) is 18.8. The largest absolute Gasteiger partial charge is 0.497 e. The van der Waals surface area contributed by atoms with Crippen molar-refractivity contribution in [2.75, 3.05) is 11.8 Å². The summed E-state index contributed by atoms with van der Waals surface area (Å²) in [5.41, 5.74) is 2.65. The summed E-state index contributed by atoms with van der Waals surface area (Å²) < 4.78 is 60.8. The van der Waals surface area contributed by atoms with Crippen LogP contribution in [0.1, 0.15) is 33.9 Å². The molecule has 0 spiro atoms. The Kier molecular flexibility index (Phi) is 7.07. The fourth-order valence-electron chi connectivity index (χ4n) is 4.26. The van der Waals surface area contributed by atoms with Crippen LogP contribution in [-0.4, -0.2) is 37.1 Å². The van der Waals surface area contributed by atoms with Gasteiger partial charge in [0.15, 0.2) is 4.90 Å². The second-order valence-corrected chi connectivity index (χ2v) is 10.3. The Morgan fingerprint density at radius 1 is 0.949 bits per heavy atom. The molecule has 8 nitrogen and oxygen atoms in total. The number of halogens is 2. The lowest BCUT2D eigenvalue weighted by Gasteiger charge is -2.22. The first-order valence-corrected chi connectivity index (χ1v) is 13.3. The Labute approximate surface area is 223 Å². The number of anilines is 1. The highest BCUT2D eigenvalue weighted by atomic mass is 32.2. The van der Waals surface area contributed by atoms with Crippen molar-refractivity contribution < 1.29 is 26.7 Å². The quantitative estimate of drug-likeness (QED) is 0.344. The Morgan fingerprint density at radius 2 is 1.59 bits per heavy atom. The summed E-state index contributed by atoms with van der Waals surface area (Å²) in [6, 6.07) is 19.2. The van der Waals surface area contributed by atoms with E-state index in [1.54, 1.807) is 31.4 Å². The van der Waals surface area contributed by atoms with E-state index >= 15 is 0 Å². The molecule has 1 atom stereocenters. The zero-order chi connectivity index (χ0) is 27.6. The maximum Gasteiger partial charge on any atom is 0.274 e. The van der Waals surface area contributed by atoms with Gasteiger partial charge in [-0.2, -0.15) is 5.10 Å². The number of hydrogen-bond donors (Lipinski definition) is 1. The topological polar surface area (TPSA) is 101 Å². The van der Waals surface area contributed by atoms with Crippen LogP contribution >= 0.6 is 0 Å². The van der Waals surface area contributed by atoms with Gasteiger partial charge in [0.2, 0.25) is 0 Å². The predicted octanol–water partition coefficient (Wildman–Crippen LogP) is 5.16. The van der Waals surface area contributed by atoms with Crippen LogP contribution in [0.3, 0.4) is 0 Å². The molecule has 1 unspecified atom stereocenters. The van der Waals surface area contributed by atoms with E-state index < -0.39 is 32.6 Å². The minimum Gasteiger partial charge on any atom is -0.497 e. The van der Waals surface area contributed by atoms with Gasteiger partial charge in [0.05, 0.1) is 18.9 Å². The molecule has 5 rings (SSSR count). The molecule has 1 N–H and O–H groups in total. The van der Waals surface area contributed by atoms with E-state index in [-0.39, 0.29) is 11.6 Å². The number of carbonyl (C=O) groups is 1. The van der Waals surface area contributed by atoms with Crippen LogP contribution in [0.4, 0.5) is 14.5 Å². The summed E-state index contributed by atoms with van der Waals surface area (Å²) in [4.78, 5) is 16.3. The molecular formula is C28H22F2N4O4S. The van der Waals surface area contributed by atoms with Crippen molar-refractivity contribution >= 4 is 27.3 Å². The van der Waals surface area contributed by atoms with Crippen LogP contribution in [0.2, 0.25) is 0 Å². The molecule has 3 aromatic carbocycles. The zero-order valence-corrected chi connectivity index (χ0v) is 21.4. The van der Waals surface area contributed by atoms with E-state index in [0.717, 1.165) is 23.8 Å². The number of benzene rings is 3. The third kappa shape index (κ3) is 5.34. The van der Waals surface area contributed by atoms with Gasteiger partial charge in [0, 0.05) is 30.1 Å². The van der Waals surface area contributed by atoms with Crippen molar-refractivity contribution in [3.8, 4) is 5.75 Å². The van der Waals surface area contributed by atoms with Crippen molar-refractivity contribution in [2.24, 2.45) is 5.10 Å². The lowest BCUT2D eigenvalue weighted by Crippen LogP contribution is -2.27. The van der Waals surface area contributed by atoms with E-state index in [0.29, 0.717) is 29.0 Å². The van der Waals surface area contributed by atoms with E-state index in [1.807, 2.05) is 24.3 Å². The van der Waals surface area contributed by atoms with Gasteiger partial charge >= 0.3 is 0 Å². The van der Waals surface area contributed by atoms with Gasteiger partial charge in [-0.25, -0.2) is 22.2 Å². The van der Waals surface area contributed by atoms with E-state index in [9.17, 15) is 22.0 Å². The summed E-state index contributed by atoms with van der Waals surface area (Å²) in [5.74, 6) is -2.01. The van der Waals surface area contributed by atoms with E-state index in [1.165, 1.54) is 29.5 Å². The molecule has 0 saturated carbocycles. The molecule has 1 aliphatic rings. The number of aromatic nitrogens is 1. The molecule has 0 fully saturated rings. The second-order valence-electron chi connectivity index (χ2n) is 8.66. The number of hydrogen-bond acceptors (Lipinski definition) is 6. The van der Waals surface area contributed by atoms with Gasteiger partial charge in [-0.15, -0.1) is 0 Å². The number of sulfonamides is 1. The highest BCUT2D eigenvalue weighted by Gasteiger charge is 2.34. The van der Waals surface area contributed by atoms with Crippen LogP contribution in [-0.2, 0) is 10.0 Å². The molecule has 1 aromatic heterocycles. The number of nitrogens with zero attached hydrogens (tertiary/aromatic N) is 3. The first-order valence-electron chi connectivity index (χ1n) is 11.8. The highest BCUT2D eigenvalue weighted by Crippen LogP contribution is 2.35. The number of rotatable bonds is 7. The normalized spacial score (nSPS) is 15.1. The molecule has 198 valence electrons. The number of ether oxygens (including phenoxy) is 1. The lowest BCUT2D eigenvalue weighted by molar-refractivity contribution is 0.0711. The second kappa shape index (κ2) is 10.6. The van der Waals surface area contributed by atoms with Gasteiger partial charge in [0.25, 0.3) is 15.9 Å². The maximum absolute atomic E-state index is 14.0. The molecule has 1 amide bonds. The molecule has 11 heteroatoms. The minimum absolute atomic E-state index is 0.108. The SMILES string of the molecule is COc1ccc(C2CC(c3ccc(NS(=O)(=O)c4c(F)cccc4F)cc3)=NN2C(=O)c2ccncc2)cc1. The number of hydrazone groups is 1. The zero-order valence-electron chi connectivity index (χ0n) is 20.6. The predicted molar refractivity (Wildman–Crippen MR) is 141 cm³/mol. The number of methoxy groups -OCH3 is 1. The van der Waals surface area contributed by atoms with Gasteiger partial charge in [0.1, 0.15) is 17.4 Å². The molecule has 0 aliphatic carbocycles. The Balaban J connectivity index is 1.42. The summed E-state index contributed by atoms with van der Waals surface area (Å²) >= 11 is 0. The average molecular weight is 549 g/mol. The van der Waals surface area contributed by atoms with Gasteiger partial charge in [-0.3, -0.25) is 14.5 Å². The third-order valence-corrected chi connectivity index (χ3v) is 7.64. The van der Waals surface area contributed by atoms with Gasteiger partial charge in [-0.1, -0.05) is 30.3 Å². The highest BCUT2D eigenvalue weighted by molar-refractivity contribution is 7.92. The van der Waals surface area contributed by atoms with Crippen molar-refractivity contribution in [3.63, 3.8) is 0 Å². The fourth-order valence-corrected chi connectivity index (χ4v) is 5.46. The summed E-state index contributed by atoms with van der Waals surface area (Å²) in [5, 5.41) is 6.04. The summed E-state index contributed by atoms with van der Waals surface area (Å²) in [6.07, 6.45) is 3.46. The van der Waals surface area contributed by atoms with Crippen LogP contribution in [0.5, 0.6) is 5.75 Å². The van der Waals surface area contributed by atoms with E-state index in [4.69, 9.17) is 4.74 Å².